The van der Waals surface area contributed by atoms with Crippen molar-refractivity contribution in [3.05, 3.63) is 54.6 Å². The summed E-state index contributed by atoms with van der Waals surface area (Å²) < 4.78 is 7.14. The fourth-order valence-corrected chi connectivity index (χ4v) is 4.35. The van der Waals surface area contributed by atoms with Gasteiger partial charge in [0, 0.05) is 0 Å². The Morgan fingerprint density at radius 3 is 1.64 bits per heavy atom. The molecule has 0 aliphatic carbocycles. The molecule has 2 aromatic carbocycles. The second-order valence-electron chi connectivity index (χ2n) is 10.0. The Labute approximate surface area is 215 Å². The number of nitrogens with zero attached hydrogens (tertiary/aromatic N) is 1. The van der Waals surface area contributed by atoms with E-state index in [1.807, 2.05) is 0 Å². The van der Waals surface area contributed by atoms with E-state index in [0.717, 1.165) is 18.8 Å². The van der Waals surface area contributed by atoms with Crippen molar-refractivity contribution < 1.29 is 26.2 Å². The molecule has 0 spiro atoms. The highest BCUT2D eigenvalue weighted by molar-refractivity contribution is 5.63. The van der Waals surface area contributed by atoms with Crippen molar-refractivity contribution in [3.63, 3.8) is 0 Å². The first kappa shape index (κ1) is 29.7. The molecule has 2 nitrogen and oxygen atoms in total. The summed E-state index contributed by atoms with van der Waals surface area (Å²) in [7, 11) is 4.82. The second-order valence-corrected chi connectivity index (χ2v) is 10.0. The van der Waals surface area contributed by atoms with Gasteiger partial charge in [0.1, 0.15) is 5.75 Å². The van der Waals surface area contributed by atoms with E-state index < -0.39 is 0 Å². The minimum atomic E-state index is 0. The van der Waals surface area contributed by atoms with Crippen LogP contribution in [-0.4, -0.2) is 38.3 Å². The molecule has 0 amide bonds. The maximum absolute atomic E-state index is 5.93. The summed E-state index contributed by atoms with van der Waals surface area (Å²) >= 11 is 0. The zero-order valence-electron chi connectivity index (χ0n) is 21.5. The summed E-state index contributed by atoms with van der Waals surface area (Å²) in [6.07, 6.45) is 16.3. The molecule has 0 atom stereocenters. The number of quaternary nitrogens is 1. The van der Waals surface area contributed by atoms with Gasteiger partial charge in [-0.3, -0.25) is 0 Å². The van der Waals surface area contributed by atoms with E-state index in [1.54, 1.807) is 0 Å². The highest BCUT2D eigenvalue weighted by Gasteiger charge is 2.13. The molecule has 0 unspecified atom stereocenters. The van der Waals surface area contributed by atoms with Crippen molar-refractivity contribution in [3.8, 4) is 16.9 Å². The average Bonchev–Trinajstić information content (AvgIpc) is 2.81. The monoisotopic (exact) mass is 517 g/mol. The predicted molar refractivity (Wildman–Crippen MR) is 140 cm³/mol. The SMILES string of the molecule is CCCCCC[N+](C)(C)CCCCCCCCCCOc1ccc(-c2ccccc2)cc1.[Br-]. The van der Waals surface area contributed by atoms with Crippen LogP contribution < -0.4 is 21.7 Å². The molecule has 0 radical (unpaired) electrons. The van der Waals surface area contributed by atoms with Gasteiger partial charge in [-0.2, -0.15) is 0 Å². The summed E-state index contributed by atoms with van der Waals surface area (Å²) in [6.45, 7) is 5.81. The van der Waals surface area contributed by atoms with Crippen LogP contribution in [0.1, 0.15) is 84.0 Å². The van der Waals surface area contributed by atoms with E-state index in [1.165, 1.54) is 99.3 Å². The third-order valence-corrected chi connectivity index (χ3v) is 6.50. The highest BCUT2D eigenvalue weighted by atomic mass is 79.9. The molecule has 0 aromatic heterocycles. The van der Waals surface area contributed by atoms with Gasteiger partial charge in [0.25, 0.3) is 0 Å². The maximum atomic E-state index is 5.93. The molecule has 2 aromatic rings. The topological polar surface area (TPSA) is 9.23 Å². The van der Waals surface area contributed by atoms with E-state index in [-0.39, 0.29) is 17.0 Å². The molecule has 0 N–H and O–H groups in total. The van der Waals surface area contributed by atoms with Gasteiger partial charge in [-0.1, -0.05) is 94.3 Å². The predicted octanol–water partition coefficient (Wildman–Crippen LogP) is 5.51. The highest BCUT2D eigenvalue weighted by Crippen LogP contribution is 2.22. The number of rotatable bonds is 18. The molecule has 33 heavy (non-hydrogen) atoms. The minimum Gasteiger partial charge on any atom is -1.00 e. The average molecular weight is 519 g/mol. The fourth-order valence-electron chi connectivity index (χ4n) is 4.35. The van der Waals surface area contributed by atoms with Crippen LogP contribution in [0, 0.1) is 0 Å². The Bertz CT molecular complexity index is 699. The molecule has 0 saturated heterocycles. The van der Waals surface area contributed by atoms with Crippen LogP contribution in [0.25, 0.3) is 11.1 Å². The number of benzene rings is 2. The molecule has 0 heterocycles. The normalized spacial score (nSPS) is 11.2. The van der Waals surface area contributed by atoms with Gasteiger partial charge in [-0.15, -0.1) is 0 Å². The molecule has 0 bridgehead atoms. The van der Waals surface area contributed by atoms with Crippen molar-refractivity contribution >= 4 is 0 Å². The lowest BCUT2D eigenvalue weighted by atomic mass is 10.1. The second kappa shape index (κ2) is 18.1. The van der Waals surface area contributed by atoms with Gasteiger partial charge in [-0.05, 0) is 55.4 Å². The standard InChI is InChI=1S/C30H48NO.BrH/c1-4-5-6-16-25-31(2,3)26-17-11-9-7-8-10-12-18-27-32-30-23-21-29(22-24-30)28-19-14-13-15-20-28;/h13-15,19-24H,4-12,16-18,25-27H2,1-3H3;1H/q+1;/p-1. The molecule has 0 aliphatic rings. The molecular formula is C30H48BrNO. The lowest BCUT2D eigenvalue weighted by Gasteiger charge is -2.30. The summed E-state index contributed by atoms with van der Waals surface area (Å²) in [5.41, 5.74) is 2.50. The Morgan fingerprint density at radius 1 is 0.576 bits per heavy atom. The minimum absolute atomic E-state index is 0. The van der Waals surface area contributed by atoms with Gasteiger partial charge in [0.05, 0.1) is 33.8 Å². The fraction of sp³-hybridized carbons (Fsp3) is 0.600. The quantitative estimate of drug-likeness (QED) is 0.187. The first-order valence-corrected chi connectivity index (χ1v) is 13.2. The first-order chi connectivity index (χ1) is 15.6. The number of unbranched alkanes of at least 4 members (excludes halogenated alkanes) is 10. The Balaban J connectivity index is 0.00000544. The Morgan fingerprint density at radius 2 is 1.06 bits per heavy atom. The zero-order valence-corrected chi connectivity index (χ0v) is 23.1. The van der Waals surface area contributed by atoms with E-state index in [0.29, 0.717) is 0 Å². The van der Waals surface area contributed by atoms with Crippen molar-refractivity contribution in [1.82, 2.24) is 0 Å². The number of halogens is 1. The van der Waals surface area contributed by atoms with Gasteiger partial charge in [0.2, 0.25) is 0 Å². The summed E-state index contributed by atoms with van der Waals surface area (Å²) in [6, 6.07) is 19.0. The largest absolute Gasteiger partial charge is 1.00 e. The Kier molecular flexibility index (Phi) is 16.3. The molecule has 0 fully saturated rings. The first-order valence-electron chi connectivity index (χ1n) is 13.2. The molecule has 0 saturated carbocycles. The van der Waals surface area contributed by atoms with Crippen molar-refractivity contribution in [2.24, 2.45) is 0 Å². The lowest BCUT2D eigenvalue weighted by Crippen LogP contribution is -3.00. The third-order valence-electron chi connectivity index (χ3n) is 6.50. The van der Waals surface area contributed by atoms with Crippen LogP contribution in [0.3, 0.4) is 0 Å². The van der Waals surface area contributed by atoms with Crippen LogP contribution in [0.5, 0.6) is 5.75 Å². The van der Waals surface area contributed by atoms with Gasteiger partial charge < -0.3 is 26.2 Å². The van der Waals surface area contributed by atoms with E-state index in [9.17, 15) is 0 Å². The molecular weight excluding hydrogens is 470 g/mol. The number of ether oxygens (including phenoxy) is 1. The Hall–Kier alpha value is -1.32. The van der Waals surface area contributed by atoms with Crippen molar-refractivity contribution in [2.75, 3.05) is 33.8 Å². The summed E-state index contributed by atoms with van der Waals surface area (Å²) in [5, 5.41) is 0. The number of hydrogen-bond donors (Lipinski definition) is 0. The zero-order chi connectivity index (χ0) is 22.9. The van der Waals surface area contributed by atoms with Gasteiger partial charge in [-0.25, -0.2) is 0 Å². The summed E-state index contributed by atoms with van der Waals surface area (Å²) in [4.78, 5) is 0. The van der Waals surface area contributed by atoms with Crippen LogP contribution >= 0.6 is 0 Å². The third kappa shape index (κ3) is 13.9. The molecule has 0 aliphatic heterocycles. The lowest BCUT2D eigenvalue weighted by molar-refractivity contribution is -0.890. The van der Waals surface area contributed by atoms with Gasteiger partial charge >= 0.3 is 0 Å². The van der Waals surface area contributed by atoms with Crippen molar-refractivity contribution in [1.29, 1.82) is 0 Å². The van der Waals surface area contributed by atoms with E-state index in [2.05, 4.69) is 75.6 Å². The molecule has 2 rings (SSSR count). The smallest absolute Gasteiger partial charge is 0.119 e. The van der Waals surface area contributed by atoms with E-state index >= 15 is 0 Å². The van der Waals surface area contributed by atoms with Crippen LogP contribution in [-0.2, 0) is 0 Å². The van der Waals surface area contributed by atoms with E-state index in [4.69, 9.17) is 4.74 Å². The summed E-state index contributed by atoms with van der Waals surface area (Å²) in [5.74, 6) is 0.983. The molecule has 186 valence electrons. The van der Waals surface area contributed by atoms with Crippen LogP contribution in [0.4, 0.5) is 0 Å². The number of hydrogen-bond acceptors (Lipinski definition) is 1. The molecule has 3 heteroatoms. The maximum Gasteiger partial charge on any atom is 0.119 e. The van der Waals surface area contributed by atoms with Crippen LogP contribution in [0.2, 0.25) is 0 Å². The van der Waals surface area contributed by atoms with Crippen molar-refractivity contribution in [2.45, 2.75) is 84.0 Å². The van der Waals surface area contributed by atoms with Gasteiger partial charge in [0.15, 0.2) is 0 Å². The van der Waals surface area contributed by atoms with Crippen LogP contribution in [0.15, 0.2) is 54.6 Å².